The lowest BCUT2D eigenvalue weighted by Crippen LogP contribution is -2.21. The van der Waals surface area contributed by atoms with Gasteiger partial charge in [0.15, 0.2) is 0 Å². The van der Waals surface area contributed by atoms with Crippen LogP contribution in [0.2, 0.25) is 5.02 Å². The highest BCUT2D eigenvalue weighted by Gasteiger charge is 2.39. The summed E-state index contributed by atoms with van der Waals surface area (Å²) in [5.74, 6) is 0.138. The summed E-state index contributed by atoms with van der Waals surface area (Å²) >= 11 is 5.91. The van der Waals surface area contributed by atoms with Crippen molar-refractivity contribution in [2.24, 2.45) is 11.8 Å². The average Bonchev–Trinajstić information content (AvgIpc) is 2.99. The Balaban J connectivity index is 1.81. The van der Waals surface area contributed by atoms with Crippen LogP contribution in [0.3, 0.4) is 0 Å². The van der Waals surface area contributed by atoms with Crippen LogP contribution in [0.5, 0.6) is 5.75 Å². The molecule has 7 nitrogen and oxygen atoms in total. The smallest absolute Gasteiger partial charge is 0.120 e. The molecule has 1 aromatic carbocycles. The molecule has 8 heteroatoms. The van der Waals surface area contributed by atoms with Crippen molar-refractivity contribution in [2.45, 2.75) is 44.2 Å². The van der Waals surface area contributed by atoms with Crippen molar-refractivity contribution in [1.82, 2.24) is 0 Å². The molecule has 6 atom stereocenters. The second-order valence-electron chi connectivity index (χ2n) is 7.49. The molecule has 4 N–H and O–H groups in total. The van der Waals surface area contributed by atoms with Crippen molar-refractivity contribution in [3.05, 3.63) is 53.6 Å². The first-order valence-electron chi connectivity index (χ1n) is 10.0. The SMILES string of the molecule is CC(COCC=CC[C@H]1C(O)CC(O)[C@@H]1C=CC(O)COc1cccc(Cl)c1)OO. The second-order valence-corrected chi connectivity index (χ2v) is 7.93. The van der Waals surface area contributed by atoms with Gasteiger partial charge >= 0.3 is 0 Å². The number of halogens is 1. The third-order valence-corrected chi connectivity index (χ3v) is 5.24. The Bertz CT molecular complexity index is 681. The van der Waals surface area contributed by atoms with E-state index in [9.17, 15) is 15.3 Å². The number of hydrogen-bond acceptors (Lipinski definition) is 7. The molecule has 0 radical (unpaired) electrons. The van der Waals surface area contributed by atoms with Crippen molar-refractivity contribution in [3.63, 3.8) is 0 Å². The Morgan fingerprint density at radius 1 is 1.20 bits per heavy atom. The highest BCUT2D eigenvalue weighted by atomic mass is 35.5. The summed E-state index contributed by atoms with van der Waals surface area (Å²) in [5.41, 5.74) is 0. The predicted octanol–water partition coefficient (Wildman–Crippen LogP) is 2.83. The van der Waals surface area contributed by atoms with Crippen LogP contribution in [0, 0.1) is 11.8 Å². The molecule has 0 bridgehead atoms. The highest BCUT2D eigenvalue weighted by molar-refractivity contribution is 6.30. The first-order valence-corrected chi connectivity index (χ1v) is 10.4. The minimum atomic E-state index is -0.853. The maximum absolute atomic E-state index is 10.3. The van der Waals surface area contributed by atoms with Gasteiger partial charge in [0.25, 0.3) is 0 Å². The van der Waals surface area contributed by atoms with Crippen LogP contribution in [0.15, 0.2) is 48.6 Å². The number of hydrogen-bond donors (Lipinski definition) is 4. The van der Waals surface area contributed by atoms with Gasteiger partial charge in [-0.3, -0.25) is 5.26 Å². The summed E-state index contributed by atoms with van der Waals surface area (Å²) in [4.78, 5) is 4.12. The Labute approximate surface area is 182 Å². The van der Waals surface area contributed by atoms with Gasteiger partial charge < -0.3 is 24.8 Å². The fourth-order valence-corrected chi connectivity index (χ4v) is 3.59. The maximum Gasteiger partial charge on any atom is 0.120 e. The van der Waals surface area contributed by atoms with Gasteiger partial charge in [-0.1, -0.05) is 42.0 Å². The van der Waals surface area contributed by atoms with Crippen LogP contribution in [-0.2, 0) is 9.62 Å². The quantitative estimate of drug-likeness (QED) is 0.170. The average molecular weight is 443 g/mol. The molecule has 1 aromatic rings. The number of benzene rings is 1. The van der Waals surface area contributed by atoms with Gasteiger partial charge in [-0.05, 0) is 37.5 Å². The Kier molecular flexibility index (Phi) is 10.8. The summed E-state index contributed by atoms with van der Waals surface area (Å²) < 4.78 is 10.8. The molecule has 1 saturated carbocycles. The van der Waals surface area contributed by atoms with Crippen LogP contribution >= 0.6 is 11.6 Å². The number of ether oxygens (including phenoxy) is 2. The summed E-state index contributed by atoms with van der Waals surface area (Å²) in [6.45, 7) is 2.37. The topological polar surface area (TPSA) is 109 Å². The number of rotatable bonds is 12. The van der Waals surface area contributed by atoms with Crippen LogP contribution in [-0.4, -0.2) is 64.8 Å². The van der Waals surface area contributed by atoms with Crippen LogP contribution in [0.25, 0.3) is 0 Å². The molecule has 1 fully saturated rings. The van der Waals surface area contributed by atoms with E-state index in [2.05, 4.69) is 4.89 Å². The van der Waals surface area contributed by atoms with Gasteiger partial charge in [-0.25, -0.2) is 4.89 Å². The molecule has 0 aromatic heterocycles. The molecule has 0 spiro atoms. The molecule has 0 saturated heterocycles. The van der Waals surface area contributed by atoms with Crippen molar-refractivity contribution in [2.75, 3.05) is 19.8 Å². The van der Waals surface area contributed by atoms with Gasteiger partial charge in [-0.15, -0.1) is 0 Å². The zero-order chi connectivity index (χ0) is 21.9. The predicted molar refractivity (Wildman–Crippen MR) is 113 cm³/mol. The van der Waals surface area contributed by atoms with Crippen molar-refractivity contribution < 1.29 is 34.9 Å². The maximum atomic E-state index is 10.3. The summed E-state index contributed by atoms with van der Waals surface area (Å²) in [6.07, 6.45) is 5.39. The van der Waals surface area contributed by atoms with Gasteiger partial charge in [0.2, 0.25) is 0 Å². The number of allylic oxidation sites excluding steroid dienone is 1. The lowest BCUT2D eigenvalue weighted by Gasteiger charge is -2.19. The lowest BCUT2D eigenvalue weighted by atomic mass is 9.90. The largest absolute Gasteiger partial charge is 0.491 e. The van der Waals surface area contributed by atoms with Gasteiger partial charge in [0, 0.05) is 17.4 Å². The van der Waals surface area contributed by atoms with E-state index in [4.69, 9.17) is 26.3 Å². The normalized spacial score (nSPS) is 26.5. The monoisotopic (exact) mass is 442 g/mol. The Morgan fingerprint density at radius 2 is 2.00 bits per heavy atom. The third kappa shape index (κ3) is 8.35. The first kappa shape index (κ1) is 24.8. The van der Waals surface area contributed by atoms with E-state index >= 15 is 0 Å². The molecule has 2 rings (SSSR count). The van der Waals surface area contributed by atoms with Gasteiger partial charge in [0.05, 0.1) is 25.4 Å². The highest BCUT2D eigenvalue weighted by Crippen LogP contribution is 2.36. The van der Waals surface area contributed by atoms with E-state index in [0.29, 0.717) is 30.2 Å². The van der Waals surface area contributed by atoms with Crippen molar-refractivity contribution in [3.8, 4) is 5.75 Å². The lowest BCUT2D eigenvalue weighted by molar-refractivity contribution is -0.281. The number of aliphatic hydroxyl groups is 3. The standard InChI is InChI=1S/C22H31ClO7/c1-15(30-27)13-28-10-3-2-7-19-20(22(26)12-21(19)25)9-8-17(24)14-29-18-6-4-5-16(23)11-18/h2-6,8-9,11,15,17,19-22,24-27H,7,10,12-14H2,1H3/t15?,17?,19-,20-,21?,22?/m1/s1. The molecule has 1 aliphatic rings. The third-order valence-electron chi connectivity index (χ3n) is 5.01. The molecule has 4 unspecified atom stereocenters. The zero-order valence-electron chi connectivity index (χ0n) is 17.0. The van der Waals surface area contributed by atoms with E-state index in [1.807, 2.05) is 12.2 Å². The minimum Gasteiger partial charge on any atom is -0.491 e. The van der Waals surface area contributed by atoms with E-state index < -0.39 is 24.4 Å². The fraction of sp³-hybridized carbons (Fsp3) is 0.545. The first-order chi connectivity index (χ1) is 14.4. The molecule has 168 valence electrons. The van der Waals surface area contributed by atoms with E-state index in [1.165, 1.54) is 0 Å². The second kappa shape index (κ2) is 13.1. The fourth-order valence-electron chi connectivity index (χ4n) is 3.41. The van der Waals surface area contributed by atoms with Crippen LogP contribution in [0.1, 0.15) is 19.8 Å². The zero-order valence-corrected chi connectivity index (χ0v) is 17.8. The molecule has 0 aliphatic heterocycles. The minimum absolute atomic E-state index is 0.0557. The number of aliphatic hydroxyl groups excluding tert-OH is 3. The van der Waals surface area contributed by atoms with Crippen molar-refractivity contribution >= 4 is 11.6 Å². The molecule has 0 heterocycles. The van der Waals surface area contributed by atoms with Crippen molar-refractivity contribution in [1.29, 1.82) is 0 Å². The van der Waals surface area contributed by atoms with E-state index in [0.717, 1.165) is 0 Å². The van der Waals surface area contributed by atoms with E-state index in [-0.39, 0.29) is 25.0 Å². The van der Waals surface area contributed by atoms with Gasteiger partial charge in [0.1, 0.15) is 24.6 Å². The molecular weight excluding hydrogens is 412 g/mol. The Hall–Kier alpha value is -1.45. The summed E-state index contributed by atoms with van der Waals surface area (Å²) in [5, 5.41) is 39.8. The Morgan fingerprint density at radius 3 is 2.73 bits per heavy atom. The summed E-state index contributed by atoms with van der Waals surface area (Å²) in [6, 6.07) is 6.92. The molecular formula is C22H31ClO7. The summed E-state index contributed by atoms with van der Waals surface area (Å²) in [7, 11) is 0. The molecule has 0 amide bonds. The van der Waals surface area contributed by atoms with Crippen LogP contribution in [0.4, 0.5) is 0 Å². The van der Waals surface area contributed by atoms with E-state index in [1.54, 1.807) is 43.3 Å². The van der Waals surface area contributed by atoms with Crippen LogP contribution < -0.4 is 4.74 Å². The molecule has 30 heavy (non-hydrogen) atoms. The molecule has 1 aliphatic carbocycles. The van der Waals surface area contributed by atoms with Gasteiger partial charge in [-0.2, -0.15) is 0 Å².